The van der Waals surface area contributed by atoms with Gasteiger partial charge < -0.3 is 9.47 Å². The zero-order chi connectivity index (χ0) is 22.5. The van der Waals surface area contributed by atoms with Crippen molar-refractivity contribution in [3.8, 4) is 0 Å². The molecule has 3 aromatic carbocycles. The van der Waals surface area contributed by atoms with Gasteiger partial charge in [-0.05, 0) is 18.1 Å². The summed E-state index contributed by atoms with van der Waals surface area (Å²) in [5, 5.41) is 0. The van der Waals surface area contributed by atoms with E-state index in [4.69, 9.17) is 9.47 Å². The Labute approximate surface area is 187 Å². The fraction of sp³-hybridized carbons (Fsp3) is 0.143. The van der Waals surface area contributed by atoms with Gasteiger partial charge >= 0.3 is 5.97 Å². The molecule has 3 aromatic rings. The van der Waals surface area contributed by atoms with E-state index in [0.717, 1.165) is 11.1 Å². The molecule has 1 atom stereocenters. The van der Waals surface area contributed by atoms with Gasteiger partial charge in [0, 0.05) is 12.0 Å². The van der Waals surface area contributed by atoms with Crippen molar-refractivity contribution in [3.05, 3.63) is 130 Å². The standard InChI is InChI=1S/C28H24O4/c1-19-24(28(30)31-2)25(21-14-8-4-9-15-21)26(27(29)22-16-10-5-11-17-22)23(32-19)18-20-12-6-3-7-13-20/h3-17,25H,18H2,1-2H3. The lowest BCUT2D eigenvalue weighted by atomic mass is 9.78. The van der Waals surface area contributed by atoms with E-state index in [1.54, 1.807) is 19.1 Å². The zero-order valence-electron chi connectivity index (χ0n) is 18.1. The highest BCUT2D eigenvalue weighted by Gasteiger charge is 2.39. The summed E-state index contributed by atoms with van der Waals surface area (Å²) in [6.07, 6.45) is 0.434. The molecule has 0 saturated heterocycles. The Morgan fingerprint density at radius 2 is 1.38 bits per heavy atom. The Balaban J connectivity index is 1.94. The molecular weight excluding hydrogens is 400 g/mol. The summed E-state index contributed by atoms with van der Waals surface area (Å²) in [5.74, 6) is -0.276. The number of carbonyl (C=O) groups excluding carboxylic acids is 2. The highest BCUT2D eigenvalue weighted by molar-refractivity contribution is 6.12. The van der Waals surface area contributed by atoms with Crippen LogP contribution < -0.4 is 0 Å². The first-order chi connectivity index (χ1) is 15.6. The average Bonchev–Trinajstić information content (AvgIpc) is 2.84. The smallest absolute Gasteiger partial charge is 0.338 e. The normalized spacial score (nSPS) is 15.9. The summed E-state index contributed by atoms with van der Waals surface area (Å²) in [4.78, 5) is 26.7. The van der Waals surface area contributed by atoms with E-state index in [1.807, 2.05) is 78.9 Å². The minimum absolute atomic E-state index is 0.167. The minimum atomic E-state index is -0.594. The van der Waals surface area contributed by atoms with Crippen LogP contribution in [0.1, 0.15) is 34.3 Å². The molecule has 0 aromatic heterocycles. The number of ether oxygens (including phenoxy) is 2. The van der Waals surface area contributed by atoms with Crippen LogP contribution in [0.3, 0.4) is 0 Å². The number of benzene rings is 3. The fourth-order valence-corrected chi connectivity index (χ4v) is 4.07. The molecule has 1 unspecified atom stereocenters. The second-order valence-electron chi connectivity index (χ2n) is 7.60. The molecule has 4 rings (SSSR count). The number of hydrogen-bond acceptors (Lipinski definition) is 4. The van der Waals surface area contributed by atoms with Gasteiger partial charge in [-0.25, -0.2) is 4.79 Å². The number of ketones is 1. The summed E-state index contributed by atoms with van der Waals surface area (Å²) < 4.78 is 11.3. The highest BCUT2D eigenvalue weighted by Crippen LogP contribution is 2.43. The van der Waals surface area contributed by atoms with Crippen LogP contribution in [0.25, 0.3) is 0 Å². The average molecular weight is 424 g/mol. The van der Waals surface area contributed by atoms with Crippen LogP contribution >= 0.6 is 0 Å². The number of methoxy groups -OCH3 is 1. The van der Waals surface area contributed by atoms with E-state index in [2.05, 4.69) is 0 Å². The maximum Gasteiger partial charge on any atom is 0.338 e. The Hall–Kier alpha value is -3.92. The van der Waals surface area contributed by atoms with Gasteiger partial charge in [0.2, 0.25) is 0 Å². The van der Waals surface area contributed by atoms with Crippen LogP contribution in [-0.2, 0) is 20.7 Å². The van der Waals surface area contributed by atoms with Gasteiger partial charge in [0.15, 0.2) is 5.78 Å². The second-order valence-corrected chi connectivity index (χ2v) is 7.60. The summed E-state index contributed by atoms with van der Waals surface area (Å²) in [7, 11) is 1.34. The Bertz CT molecular complexity index is 1180. The van der Waals surface area contributed by atoms with Crippen molar-refractivity contribution in [1.82, 2.24) is 0 Å². The van der Waals surface area contributed by atoms with E-state index in [1.165, 1.54) is 7.11 Å². The van der Waals surface area contributed by atoms with E-state index in [0.29, 0.717) is 34.6 Å². The number of hydrogen-bond donors (Lipinski definition) is 0. The van der Waals surface area contributed by atoms with Gasteiger partial charge in [-0.1, -0.05) is 91.0 Å². The fourth-order valence-electron chi connectivity index (χ4n) is 4.07. The number of Topliss-reactive ketones (excluding diaryl/α,β-unsaturated/α-hetero) is 1. The largest absolute Gasteiger partial charge is 0.466 e. The third-order valence-electron chi connectivity index (χ3n) is 5.56. The van der Waals surface area contributed by atoms with Gasteiger partial charge in [0.1, 0.15) is 11.5 Å². The number of carbonyl (C=O) groups is 2. The Morgan fingerprint density at radius 3 is 1.97 bits per heavy atom. The maximum atomic E-state index is 13.8. The lowest BCUT2D eigenvalue weighted by Gasteiger charge is -2.31. The van der Waals surface area contributed by atoms with Crippen molar-refractivity contribution < 1.29 is 19.1 Å². The van der Waals surface area contributed by atoms with Gasteiger partial charge in [-0.2, -0.15) is 0 Å². The SMILES string of the molecule is COC(=O)C1=C(C)OC(Cc2ccccc2)=C(C(=O)c2ccccc2)C1c1ccccc1. The summed E-state index contributed by atoms with van der Waals surface area (Å²) >= 11 is 0. The van der Waals surface area contributed by atoms with Gasteiger partial charge in [-0.15, -0.1) is 0 Å². The van der Waals surface area contributed by atoms with Crippen LogP contribution in [0.15, 0.2) is 114 Å². The molecule has 0 bridgehead atoms. The summed E-state index contributed by atoms with van der Waals surface area (Å²) in [5.41, 5.74) is 3.19. The Morgan fingerprint density at radius 1 is 0.812 bits per heavy atom. The predicted octanol–water partition coefficient (Wildman–Crippen LogP) is 5.63. The summed E-state index contributed by atoms with van der Waals surface area (Å²) in [6.45, 7) is 1.75. The minimum Gasteiger partial charge on any atom is -0.466 e. The van der Waals surface area contributed by atoms with E-state index in [9.17, 15) is 9.59 Å². The van der Waals surface area contributed by atoms with E-state index in [-0.39, 0.29) is 5.78 Å². The van der Waals surface area contributed by atoms with Crippen molar-refractivity contribution in [1.29, 1.82) is 0 Å². The predicted molar refractivity (Wildman–Crippen MR) is 123 cm³/mol. The first kappa shape index (κ1) is 21.3. The van der Waals surface area contributed by atoms with Crippen molar-refractivity contribution in [2.24, 2.45) is 0 Å². The van der Waals surface area contributed by atoms with Gasteiger partial charge in [0.25, 0.3) is 0 Å². The second kappa shape index (κ2) is 9.48. The molecule has 0 radical (unpaired) electrons. The molecule has 0 fully saturated rings. The molecule has 1 aliphatic heterocycles. The van der Waals surface area contributed by atoms with E-state index < -0.39 is 11.9 Å². The van der Waals surface area contributed by atoms with Gasteiger partial charge in [0.05, 0.1) is 24.2 Å². The molecule has 0 amide bonds. The zero-order valence-corrected chi connectivity index (χ0v) is 18.1. The molecule has 1 heterocycles. The molecule has 0 saturated carbocycles. The van der Waals surface area contributed by atoms with Crippen LogP contribution in [-0.4, -0.2) is 18.9 Å². The molecule has 1 aliphatic rings. The number of rotatable bonds is 6. The van der Waals surface area contributed by atoms with Crippen molar-refractivity contribution in [3.63, 3.8) is 0 Å². The van der Waals surface area contributed by atoms with Crippen LogP contribution in [0.2, 0.25) is 0 Å². The first-order valence-corrected chi connectivity index (χ1v) is 10.5. The van der Waals surface area contributed by atoms with Gasteiger partial charge in [-0.3, -0.25) is 4.79 Å². The molecule has 0 aliphatic carbocycles. The monoisotopic (exact) mass is 424 g/mol. The molecular formula is C28H24O4. The van der Waals surface area contributed by atoms with Crippen molar-refractivity contribution in [2.75, 3.05) is 7.11 Å². The topological polar surface area (TPSA) is 52.6 Å². The van der Waals surface area contributed by atoms with Crippen molar-refractivity contribution in [2.45, 2.75) is 19.3 Å². The molecule has 4 nitrogen and oxygen atoms in total. The lowest BCUT2D eigenvalue weighted by molar-refractivity contribution is -0.136. The number of esters is 1. The molecule has 4 heteroatoms. The lowest BCUT2D eigenvalue weighted by Crippen LogP contribution is -2.27. The molecule has 32 heavy (non-hydrogen) atoms. The van der Waals surface area contributed by atoms with Crippen LogP contribution in [0.4, 0.5) is 0 Å². The third kappa shape index (κ3) is 4.26. The Kier molecular flexibility index (Phi) is 6.31. The van der Waals surface area contributed by atoms with Crippen LogP contribution in [0, 0.1) is 0 Å². The molecule has 0 spiro atoms. The molecule has 160 valence electrons. The molecule has 0 N–H and O–H groups in total. The maximum absolute atomic E-state index is 13.8. The van der Waals surface area contributed by atoms with Crippen molar-refractivity contribution >= 4 is 11.8 Å². The number of allylic oxidation sites excluding steroid dienone is 3. The third-order valence-corrected chi connectivity index (χ3v) is 5.56. The summed E-state index contributed by atoms with van der Waals surface area (Å²) in [6, 6.07) is 28.5. The first-order valence-electron chi connectivity index (χ1n) is 10.5. The quantitative estimate of drug-likeness (QED) is 0.380. The highest BCUT2D eigenvalue weighted by atomic mass is 16.5. The van der Waals surface area contributed by atoms with Crippen LogP contribution in [0.5, 0.6) is 0 Å². The van der Waals surface area contributed by atoms with E-state index >= 15 is 0 Å².